The topological polar surface area (TPSA) is 59.6 Å². The molecular weight excluding hydrogens is 256 g/mol. The van der Waals surface area contributed by atoms with Crippen molar-refractivity contribution in [1.82, 2.24) is 10.6 Å². The van der Waals surface area contributed by atoms with Crippen LogP contribution in [0.4, 0.5) is 0 Å². The van der Waals surface area contributed by atoms with E-state index in [1.807, 2.05) is 18.2 Å². The fourth-order valence-electron chi connectivity index (χ4n) is 2.16. The summed E-state index contributed by atoms with van der Waals surface area (Å²) < 4.78 is 10.5. The maximum absolute atomic E-state index is 11.6. The molecule has 0 unspecified atom stereocenters. The van der Waals surface area contributed by atoms with Crippen molar-refractivity contribution in [2.24, 2.45) is 5.92 Å². The zero-order valence-corrected chi connectivity index (χ0v) is 12.1. The summed E-state index contributed by atoms with van der Waals surface area (Å²) >= 11 is 0. The van der Waals surface area contributed by atoms with Crippen LogP contribution in [-0.4, -0.2) is 39.8 Å². The van der Waals surface area contributed by atoms with Gasteiger partial charge in [0.2, 0.25) is 5.91 Å². The van der Waals surface area contributed by atoms with E-state index >= 15 is 0 Å². The lowest BCUT2D eigenvalue weighted by atomic mass is 10.0. The molecule has 0 saturated carbocycles. The molecular formula is C15H22N2O3. The maximum atomic E-state index is 11.6. The first-order valence-electron chi connectivity index (χ1n) is 6.94. The summed E-state index contributed by atoms with van der Waals surface area (Å²) in [6.45, 7) is 2.33. The van der Waals surface area contributed by atoms with E-state index in [9.17, 15) is 4.79 Å². The molecule has 1 fully saturated rings. The number of aryl methyl sites for hydroxylation is 1. The summed E-state index contributed by atoms with van der Waals surface area (Å²) in [4.78, 5) is 11.6. The van der Waals surface area contributed by atoms with Crippen molar-refractivity contribution in [3.05, 3.63) is 23.8 Å². The number of carbonyl (C=O) groups excluding carboxylic acids is 1. The van der Waals surface area contributed by atoms with Gasteiger partial charge in [0.15, 0.2) is 11.5 Å². The van der Waals surface area contributed by atoms with Crippen molar-refractivity contribution in [3.63, 3.8) is 0 Å². The monoisotopic (exact) mass is 278 g/mol. The maximum Gasteiger partial charge on any atom is 0.225 e. The van der Waals surface area contributed by atoms with Gasteiger partial charge in [-0.2, -0.15) is 0 Å². The van der Waals surface area contributed by atoms with E-state index in [4.69, 9.17) is 9.47 Å². The molecule has 1 saturated heterocycles. The number of amides is 1. The van der Waals surface area contributed by atoms with Crippen LogP contribution in [0.15, 0.2) is 18.2 Å². The van der Waals surface area contributed by atoms with Gasteiger partial charge in [-0.05, 0) is 30.5 Å². The number of ether oxygens (including phenoxy) is 2. The van der Waals surface area contributed by atoms with Gasteiger partial charge in [-0.25, -0.2) is 0 Å². The Labute approximate surface area is 119 Å². The van der Waals surface area contributed by atoms with E-state index in [-0.39, 0.29) is 11.8 Å². The first-order chi connectivity index (χ1) is 9.74. The van der Waals surface area contributed by atoms with Crippen LogP contribution >= 0.6 is 0 Å². The van der Waals surface area contributed by atoms with Gasteiger partial charge in [-0.15, -0.1) is 0 Å². The number of benzene rings is 1. The fourth-order valence-corrected chi connectivity index (χ4v) is 2.16. The largest absolute Gasteiger partial charge is 0.493 e. The van der Waals surface area contributed by atoms with E-state index < -0.39 is 0 Å². The smallest absolute Gasteiger partial charge is 0.225 e. The third kappa shape index (κ3) is 3.63. The lowest BCUT2D eigenvalue weighted by Gasteiger charge is -2.25. The molecule has 1 aromatic carbocycles. The summed E-state index contributed by atoms with van der Waals surface area (Å²) in [5, 5.41) is 6.07. The molecule has 2 rings (SSSR count). The molecule has 110 valence electrons. The minimum absolute atomic E-state index is 0.163. The zero-order chi connectivity index (χ0) is 14.4. The molecule has 0 radical (unpaired) electrons. The van der Waals surface area contributed by atoms with Crippen molar-refractivity contribution < 1.29 is 14.3 Å². The van der Waals surface area contributed by atoms with Crippen LogP contribution in [0, 0.1) is 5.92 Å². The van der Waals surface area contributed by atoms with Gasteiger partial charge in [0.1, 0.15) is 0 Å². The Balaban J connectivity index is 1.74. The standard InChI is InChI=1S/C15H22N2O3/c1-19-13-6-5-11(8-14(13)20-2)4-3-7-17-15(18)12-9-16-10-12/h5-6,8,12,16H,3-4,7,9-10H2,1-2H3,(H,17,18). The van der Waals surface area contributed by atoms with Gasteiger partial charge >= 0.3 is 0 Å². The van der Waals surface area contributed by atoms with E-state index in [0.717, 1.165) is 37.4 Å². The zero-order valence-electron chi connectivity index (χ0n) is 12.1. The number of methoxy groups -OCH3 is 2. The Morgan fingerprint density at radius 2 is 2.05 bits per heavy atom. The fraction of sp³-hybridized carbons (Fsp3) is 0.533. The third-order valence-electron chi connectivity index (χ3n) is 3.54. The van der Waals surface area contributed by atoms with Crippen LogP contribution in [0.3, 0.4) is 0 Å². The second-order valence-electron chi connectivity index (χ2n) is 4.94. The van der Waals surface area contributed by atoms with Crippen LogP contribution in [0.1, 0.15) is 12.0 Å². The molecule has 20 heavy (non-hydrogen) atoms. The van der Waals surface area contributed by atoms with Gasteiger partial charge < -0.3 is 20.1 Å². The van der Waals surface area contributed by atoms with Gasteiger partial charge in [0.05, 0.1) is 20.1 Å². The molecule has 1 amide bonds. The molecule has 2 N–H and O–H groups in total. The number of hydrogen-bond donors (Lipinski definition) is 2. The highest BCUT2D eigenvalue weighted by molar-refractivity contribution is 5.79. The average molecular weight is 278 g/mol. The van der Waals surface area contributed by atoms with Crippen molar-refractivity contribution in [3.8, 4) is 11.5 Å². The molecule has 1 aliphatic rings. The molecule has 1 aromatic rings. The van der Waals surface area contributed by atoms with Crippen molar-refractivity contribution >= 4 is 5.91 Å². The van der Waals surface area contributed by atoms with Gasteiger partial charge in [0.25, 0.3) is 0 Å². The summed E-state index contributed by atoms with van der Waals surface area (Å²) in [6, 6.07) is 5.92. The second kappa shape index (κ2) is 7.14. The first-order valence-corrected chi connectivity index (χ1v) is 6.94. The molecule has 0 bridgehead atoms. The molecule has 5 nitrogen and oxygen atoms in total. The Kier molecular flexibility index (Phi) is 5.24. The van der Waals surface area contributed by atoms with E-state index in [0.29, 0.717) is 6.54 Å². The first kappa shape index (κ1) is 14.7. The number of hydrogen-bond acceptors (Lipinski definition) is 4. The number of carbonyl (C=O) groups is 1. The highest BCUT2D eigenvalue weighted by Gasteiger charge is 2.23. The normalized spacial score (nSPS) is 14.5. The van der Waals surface area contributed by atoms with E-state index in [1.165, 1.54) is 5.56 Å². The van der Waals surface area contributed by atoms with Gasteiger partial charge in [-0.1, -0.05) is 6.07 Å². The van der Waals surface area contributed by atoms with Crippen LogP contribution < -0.4 is 20.1 Å². The molecule has 5 heteroatoms. The minimum atomic E-state index is 0.163. The SMILES string of the molecule is COc1ccc(CCCNC(=O)C2CNC2)cc1OC. The average Bonchev–Trinajstić information content (AvgIpc) is 2.41. The molecule has 1 heterocycles. The number of rotatable bonds is 7. The summed E-state index contributed by atoms with van der Waals surface area (Å²) in [5.41, 5.74) is 1.18. The van der Waals surface area contributed by atoms with Crippen molar-refractivity contribution in [1.29, 1.82) is 0 Å². The predicted octanol–water partition coefficient (Wildman–Crippen LogP) is 0.972. The minimum Gasteiger partial charge on any atom is -0.493 e. The molecule has 0 spiro atoms. The van der Waals surface area contributed by atoms with Crippen LogP contribution in [0.5, 0.6) is 11.5 Å². The quantitative estimate of drug-likeness (QED) is 0.730. The highest BCUT2D eigenvalue weighted by atomic mass is 16.5. The Hall–Kier alpha value is -1.75. The molecule has 1 aliphatic heterocycles. The summed E-state index contributed by atoms with van der Waals surface area (Å²) in [6.07, 6.45) is 1.82. The van der Waals surface area contributed by atoms with Crippen LogP contribution in [0.2, 0.25) is 0 Å². The molecule has 0 aromatic heterocycles. The molecule has 0 aliphatic carbocycles. The van der Waals surface area contributed by atoms with E-state index in [1.54, 1.807) is 14.2 Å². The van der Waals surface area contributed by atoms with Crippen LogP contribution in [-0.2, 0) is 11.2 Å². The van der Waals surface area contributed by atoms with Gasteiger partial charge in [-0.3, -0.25) is 4.79 Å². The predicted molar refractivity (Wildman–Crippen MR) is 77.2 cm³/mol. The lowest BCUT2D eigenvalue weighted by molar-refractivity contribution is -0.126. The Morgan fingerprint density at radius 3 is 2.65 bits per heavy atom. The Morgan fingerprint density at radius 1 is 1.30 bits per heavy atom. The second-order valence-corrected chi connectivity index (χ2v) is 4.94. The molecule has 0 atom stereocenters. The van der Waals surface area contributed by atoms with Crippen molar-refractivity contribution in [2.75, 3.05) is 33.9 Å². The lowest BCUT2D eigenvalue weighted by Crippen LogP contribution is -2.50. The summed E-state index contributed by atoms with van der Waals surface area (Å²) in [5.74, 6) is 1.81. The van der Waals surface area contributed by atoms with Gasteiger partial charge in [0, 0.05) is 19.6 Å². The van der Waals surface area contributed by atoms with E-state index in [2.05, 4.69) is 10.6 Å². The van der Waals surface area contributed by atoms with Crippen LogP contribution in [0.25, 0.3) is 0 Å². The summed E-state index contributed by atoms with van der Waals surface area (Å²) in [7, 11) is 3.26. The third-order valence-corrected chi connectivity index (χ3v) is 3.54. The van der Waals surface area contributed by atoms with Crippen molar-refractivity contribution in [2.45, 2.75) is 12.8 Å². The number of nitrogens with one attached hydrogen (secondary N) is 2. The Bertz CT molecular complexity index is 458. The highest BCUT2D eigenvalue weighted by Crippen LogP contribution is 2.27.